The van der Waals surface area contributed by atoms with E-state index in [2.05, 4.69) is 36.9 Å². The van der Waals surface area contributed by atoms with Crippen molar-refractivity contribution in [1.82, 2.24) is 4.98 Å². The first-order valence-electron chi connectivity index (χ1n) is 8.05. The van der Waals surface area contributed by atoms with Crippen LogP contribution in [0.15, 0.2) is 18.2 Å². The molecule has 1 aliphatic rings. The van der Waals surface area contributed by atoms with Gasteiger partial charge in [0.1, 0.15) is 5.82 Å². The van der Waals surface area contributed by atoms with E-state index in [0.717, 1.165) is 38.0 Å². The van der Waals surface area contributed by atoms with Crippen molar-refractivity contribution in [2.45, 2.75) is 39.5 Å². The fourth-order valence-corrected chi connectivity index (χ4v) is 3.24. The first-order valence-corrected chi connectivity index (χ1v) is 8.05. The summed E-state index contributed by atoms with van der Waals surface area (Å²) in [5, 5.41) is 1.30. The fourth-order valence-electron chi connectivity index (χ4n) is 3.24. The Bertz CT molecular complexity index is 642. The quantitative estimate of drug-likeness (QED) is 0.935. The van der Waals surface area contributed by atoms with Crippen molar-refractivity contribution in [2.75, 3.05) is 24.5 Å². The van der Waals surface area contributed by atoms with Gasteiger partial charge in [-0.3, -0.25) is 0 Å². The number of nitrogens with zero attached hydrogens (tertiary/aromatic N) is 2. The monoisotopic (exact) mass is 283 g/mol. The second-order valence-corrected chi connectivity index (χ2v) is 6.15. The molecule has 2 N–H and O–H groups in total. The maximum absolute atomic E-state index is 5.71. The van der Waals surface area contributed by atoms with Gasteiger partial charge >= 0.3 is 0 Å². The molecule has 0 atom stereocenters. The Morgan fingerprint density at radius 3 is 2.57 bits per heavy atom. The third-order valence-corrected chi connectivity index (χ3v) is 4.52. The predicted octanol–water partition coefficient (Wildman–Crippen LogP) is 3.34. The number of anilines is 1. The molecule has 1 aliphatic heterocycles. The van der Waals surface area contributed by atoms with Crippen LogP contribution in [0, 0.1) is 13.8 Å². The smallest absolute Gasteiger partial charge is 0.132 e. The highest BCUT2D eigenvalue weighted by atomic mass is 15.2. The van der Waals surface area contributed by atoms with Crippen LogP contribution in [0.4, 0.5) is 5.82 Å². The van der Waals surface area contributed by atoms with Gasteiger partial charge in [0, 0.05) is 18.5 Å². The standard InChI is InChI=1S/C18H25N3/c1-13-7-8-14(2)17-16(13)12-15(6-5-9-19)18(20-17)21-10-3-4-11-21/h7-8,12H,3-6,9-11,19H2,1-2H3. The summed E-state index contributed by atoms with van der Waals surface area (Å²) >= 11 is 0. The molecule has 112 valence electrons. The molecular weight excluding hydrogens is 258 g/mol. The first kappa shape index (κ1) is 14.3. The molecule has 2 aromatic rings. The van der Waals surface area contributed by atoms with E-state index in [1.54, 1.807) is 0 Å². The van der Waals surface area contributed by atoms with E-state index >= 15 is 0 Å². The van der Waals surface area contributed by atoms with E-state index in [1.165, 1.54) is 40.7 Å². The van der Waals surface area contributed by atoms with Crippen molar-refractivity contribution in [3.05, 3.63) is 34.9 Å². The molecule has 0 amide bonds. The minimum absolute atomic E-state index is 0.740. The Morgan fingerprint density at radius 2 is 1.86 bits per heavy atom. The number of rotatable bonds is 4. The Balaban J connectivity index is 2.14. The third-order valence-electron chi connectivity index (χ3n) is 4.52. The zero-order valence-electron chi connectivity index (χ0n) is 13.2. The van der Waals surface area contributed by atoms with Gasteiger partial charge in [-0.25, -0.2) is 4.98 Å². The number of benzene rings is 1. The zero-order valence-corrected chi connectivity index (χ0v) is 13.2. The maximum atomic E-state index is 5.71. The van der Waals surface area contributed by atoms with Crippen LogP contribution in [0.5, 0.6) is 0 Å². The number of fused-ring (bicyclic) bond motifs is 1. The lowest BCUT2D eigenvalue weighted by Gasteiger charge is -2.22. The molecule has 3 heteroatoms. The van der Waals surface area contributed by atoms with Gasteiger partial charge in [-0.05, 0) is 68.8 Å². The average Bonchev–Trinajstić information content (AvgIpc) is 3.02. The summed E-state index contributed by atoms with van der Waals surface area (Å²) in [6, 6.07) is 6.73. The van der Waals surface area contributed by atoms with Gasteiger partial charge in [0.2, 0.25) is 0 Å². The predicted molar refractivity (Wildman–Crippen MR) is 90.0 cm³/mol. The Morgan fingerprint density at radius 1 is 1.14 bits per heavy atom. The van der Waals surface area contributed by atoms with E-state index in [9.17, 15) is 0 Å². The van der Waals surface area contributed by atoms with Crippen LogP contribution < -0.4 is 10.6 Å². The van der Waals surface area contributed by atoms with Gasteiger partial charge in [-0.15, -0.1) is 0 Å². The molecule has 0 aliphatic carbocycles. The molecule has 1 fully saturated rings. The molecule has 3 rings (SSSR count). The molecule has 21 heavy (non-hydrogen) atoms. The highest BCUT2D eigenvalue weighted by Gasteiger charge is 2.18. The summed E-state index contributed by atoms with van der Waals surface area (Å²) in [4.78, 5) is 7.51. The van der Waals surface area contributed by atoms with Gasteiger partial charge in [0.25, 0.3) is 0 Å². The Hall–Kier alpha value is -1.61. The van der Waals surface area contributed by atoms with Gasteiger partial charge < -0.3 is 10.6 Å². The third kappa shape index (κ3) is 2.75. The van der Waals surface area contributed by atoms with Crippen LogP contribution in [0.1, 0.15) is 36.0 Å². The van der Waals surface area contributed by atoms with Crippen LogP contribution in [0.2, 0.25) is 0 Å². The van der Waals surface area contributed by atoms with E-state index < -0.39 is 0 Å². The van der Waals surface area contributed by atoms with Gasteiger partial charge in [0.05, 0.1) is 5.52 Å². The van der Waals surface area contributed by atoms with E-state index in [4.69, 9.17) is 10.7 Å². The summed E-state index contributed by atoms with van der Waals surface area (Å²) in [5.41, 5.74) is 10.8. The highest BCUT2D eigenvalue weighted by molar-refractivity contribution is 5.87. The maximum Gasteiger partial charge on any atom is 0.132 e. The summed E-state index contributed by atoms with van der Waals surface area (Å²) in [6.07, 6.45) is 4.61. The van der Waals surface area contributed by atoms with E-state index in [1.807, 2.05) is 0 Å². The van der Waals surface area contributed by atoms with E-state index in [0.29, 0.717) is 0 Å². The summed E-state index contributed by atoms with van der Waals surface area (Å²) in [5.74, 6) is 1.20. The highest BCUT2D eigenvalue weighted by Crippen LogP contribution is 2.30. The van der Waals surface area contributed by atoms with Gasteiger partial charge in [-0.1, -0.05) is 12.1 Å². The lowest BCUT2D eigenvalue weighted by Crippen LogP contribution is -2.21. The number of aromatic nitrogens is 1. The lowest BCUT2D eigenvalue weighted by molar-refractivity contribution is 0.818. The zero-order chi connectivity index (χ0) is 14.8. The number of hydrogen-bond acceptors (Lipinski definition) is 3. The van der Waals surface area contributed by atoms with Crippen molar-refractivity contribution in [1.29, 1.82) is 0 Å². The molecule has 1 aromatic heterocycles. The van der Waals surface area contributed by atoms with Crippen molar-refractivity contribution in [3.63, 3.8) is 0 Å². The number of pyridine rings is 1. The number of nitrogens with two attached hydrogens (primary N) is 1. The Kier molecular flexibility index (Phi) is 4.11. The normalized spacial score (nSPS) is 15.1. The summed E-state index contributed by atoms with van der Waals surface area (Å²) < 4.78 is 0. The summed E-state index contributed by atoms with van der Waals surface area (Å²) in [7, 11) is 0. The second kappa shape index (κ2) is 6.02. The van der Waals surface area contributed by atoms with Crippen molar-refractivity contribution in [2.24, 2.45) is 5.73 Å². The molecule has 2 heterocycles. The van der Waals surface area contributed by atoms with Crippen LogP contribution >= 0.6 is 0 Å². The second-order valence-electron chi connectivity index (χ2n) is 6.15. The topological polar surface area (TPSA) is 42.2 Å². The van der Waals surface area contributed by atoms with Crippen LogP contribution in [0.25, 0.3) is 10.9 Å². The van der Waals surface area contributed by atoms with Crippen LogP contribution in [-0.4, -0.2) is 24.6 Å². The average molecular weight is 283 g/mol. The fraction of sp³-hybridized carbons (Fsp3) is 0.500. The van der Waals surface area contributed by atoms with Crippen LogP contribution in [0.3, 0.4) is 0 Å². The molecule has 0 bridgehead atoms. The minimum atomic E-state index is 0.740. The first-order chi connectivity index (χ1) is 10.2. The molecule has 1 saturated heterocycles. The number of aryl methyl sites for hydroxylation is 3. The Labute approximate surface area is 127 Å². The molecule has 3 nitrogen and oxygen atoms in total. The number of hydrogen-bond donors (Lipinski definition) is 1. The molecule has 1 aromatic carbocycles. The van der Waals surface area contributed by atoms with Crippen molar-refractivity contribution < 1.29 is 0 Å². The van der Waals surface area contributed by atoms with E-state index in [-0.39, 0.29) is 0 Å². The SMILES string of the molecule is Cc1ccc(C)c2nc(N3CCCC3)c(CCCN)cc12. The minimum Gasteiger partial charge on any atom is -0.356 e. The van der Waals surface area contributed by atoms with Crippen molar-refractivity contribution in [3.8, 4) is 0 Å². The largest absolute Gasteiger partial charge is 0.356 e. The van der Waals surface area contributed by atoms with Gasteiger partial charge in [0.15, 0.2) is 0 Å². The lowest BCUT2D eigenvalue weighted by atomic mass is 10.0. The molecule has 0 unspecified atom stereocenters. The van der Waals surface area contributed by atoms with Gasteiger partial charge in [-0.2, -0.15) is 0 Å². The van der Waals surface area contributed by atoms with Crippen LogP contribution in [-0.2, 0) is 6.42 Å². The molecule has 0 radical (unpaired) electrons. The molecular formula is C18H25N3. The van der Waals surface area contributed by atoms with Crippen molar-refractivity contribution >= 4 is 16.7 Å². The molecule has 0 spiro atoms. The molecule has 0 saturated carbocycles. The summed E-state index contributed by atoms with van der Waals surface area (Å²) in [6.45, 7) is 7.34.